The van der Waals surface area contributed by atoms with E-state index in [-0.39, 0.29) is 0 Å². The lowest BCUT2D eigenvalue weighted by molar-refractivity contribution is -0.111. The second kappa shape index (κ2) is 30.6. The van der Waals surface area contributed by atoms with Gasteiger partial charge in [-0.05, 0) is 38.4 Å². The minimum absolute atomic E-state index is 0.346. The molecule has 0 saturated heterocycles. The molecule has 0 fully saturated rings. The van der Waals surface area contributed by atoms with Crippen molar-refractivity contribution in [1.29, 1.82) is 0 Å². The number of ether oxygens (including phenoxy) is 2. The fourth-order valence-corrected chi connectivity index (χ4v) is 6.78. The first-order chi connectivity index (χ1) is 18.2. The maximum Gasteiger partial charge on any atom is 0.321 e. The molecule has 0 amide bonds. The van der Waals surface area contributed by atoms with E-state index in [0.717, 1.165) is 76.7 Å². The molecule has 8 heteroatoms. The van der Waals surface area contributed by atoms with E-state index < -0.39 is 9.28 Å². The van der Waals surface area contributed by atoms with Crippen LogP contribution in [0, 0.1) is 0 Å². The third-order valence-corrected chi connectivity index (χ3v) is 9.60. The van der Waals surface area contributed by atoms with Crippen molar-refractivity contribution in [1.82, 2.24) is 4.90 Å². The zero-order chi connectivity index (χ0) is 27.2. The molecule has 0 saturated carbocycles. The molecule has 222 valence electrons. The van der Waals surface area contributed by atoms with Crippen molar-refractivity contribution in [3.05, 3.63) is 0 Å². The number of thioether (sulfide) groups is 1. The van der Waals surface area contributed by atoms with Gasteiger partial charge < -0.3 is 23.2 Å². The van der Waals surface area contributed by atoms with Gasteiger partial charge in [0.2, 0.25) is 0 Å². The Morgan fingerprint density at radius 1 is 0.649 bits per heavy atom. The molecule has 0 aliphatic carbocycles. The number of carbonyl (C=O) groups excluding carboxylic acids is 1. The van der Waals surface area contributed by atoms with Gasteiger partial charge in [-0.25, -0.2) is 0 Å². The molecule has 0 heterocycles. The van der Waals surface area contributed by atoms with Gasteiger partial charge in [-0.2, -0.15) is 0 Å². The number of carbonyl (C=O) groups is 1. The predicted molar refractivity (Wildman–Crippen MR) is 162 cm³/mol. The molecule has 0 spiro atoms. The normalized spacial score (nSPS) is 12.5. The molecule has 0 N–H and O–H groups in total. The summed E-state index contributed by atoms with van der Waals surface area (Å²) < 4.78 is 23.5. The lowest BCUT2D eigenvalue weighted by Crippen LogP contribution is -2.32. The molecule has 0 radical (unpaired) electrons. The van der Waals surface area contributed by atoms with Crippen molar-refractivity contribution in [2.24, 2.45) is 0 Å². The Balaban J connectivity index is 3.96. The maximum atomic E-state index is 12.2. The summed E-state index contributed by atoms with van der Waals surface area (Å²) in [5.41, 5.74) is 0. The molecular formula is C29H61NO5SSi. The Labute approximate surface area is 236 Å². The SMILES string of the molecule is CCCCCCCCCCCC(=O)SCCC[SiH](OCCOCCOCCCC)OCCN(CC)CC. The zero-order valence-electron chi connectivity index (χ0n) is 24.9. The Morgan fingerprint density at radius 2 is 1.22 bits per heavy atom. The third-order valence-electron chi connectivity index (χ3n) is 6.48. The van der Waals surface area contributed by atoms with E-state index in [4.69, 9.17) is 18.3 Å². The molecule has 1 unspecified atom stereocenters. The summed E-state index contributed by atoms with van der Waals surface area (Å²) in [6.45, 7) is 15.7. The molecule has 0 aromatic heterocycles. The lowest BCUT2D eigenvalue weighted by Gasteiger charge is -2.21. The smallest absolute Gasteiger partial charge is 0.321 e. The standard InChI is InChI=1S/C29H61NO5SSi/c1-5-9-11-12-13-14-15-16-17-19-29(31)36-27-18-28-37(34-22-20-30(7-3)8-4)35-26-25-33-24-23-32-21-10-6-2/h37H,5-28H2,1-4H3. The summed E-state index contributed by atoms with van der Waals surface area (Å²) in [6, 6.07) is 0.941. The molecule has 0 aromatic rings. The highest BCUT2D eigenvalue weighted by molar-refractivity contribution is 8.13. The zero-order valence-corrected chi connectivity index (χ0v) is 26.9. The van der Waals surface area contributed by atoms with Crippen LogP contribution in [0.2, 0.25) is 6.04 Å². The van der Waals surface area contributed by atoms with E-state index in [1.54, 1.807) is 0 Å². The Kier molecular flexibility index (Phi) is 30.6. The van der Waals surface area contributed by atoms with E-state index in [0.29, 0.717) is 31.5 Å². The molecule has 0 aliphatic heterocycles. The molecule has 0 aromatic carbocycles. The molecule has 1 atom stereocenters. The first-order valence-electron chi connectivity index (χ1n) is 15.4. The summed E-state index contributed by atoms with van der Waals surface area (Å²) in [6.07, 6.45) is 15.6. The first-order valence-corrected chi connectivity index (χ1v) is 18.2. The number of unbranched alkanes of at least 4 members (excludes halogenated alkanes) is 9. The van der Waals surface area contributed by atoms with Crippen LogP contribution in [-0.4, -0.2) is 84.3 Å². The van der Waals surface area contributed by atoms with Crippen molar-refractivity contribution in [3.8, 4) is 0 Å². The van der Waals surface area contributed by atoms with Gasteiger partial charge in [-0.3, -0.25) is 4.79 Å². The Hall–Kier alpha value is 0.0369. The van der Waals surface area contributed by atoms with E-state index in [2.05, 4.69) is 32.6 Å². The van der Waals surface area contributed by atoms with Gasteiger partial charge in [-0.1, -0.05) is 97.2 Å². The topological polar surface area (TPSA) is 57.2 Å². The van der Waals surface area contributed by atoms with E-state index in [1.807, 2.05) is 0 Å². The van der Waals surface area contributed by atoms with Crippen LogP contribution in [0.15, 0.2) is 0 Å². The predicted octanol–water partition coefficient (Wildman–Crippen LogP) is 6.99. The molecular weight excluding hydrogens is 502 g/mol. The van der Waals surface area contributed by atoms with Gasteiger partial charge >= 0.3 is 9.28 Å². The van der Waals surface area contributed by atoms with Crippen LogP contribution in [0.5, 0.6) is 0 Å². The van der Waals surface area contributed by atoms with Gasteiger partial charge in [0.05, 0.1) is 26.4 Å². The van der Waals surface area contributed by atoms with Crippen molar-refractivity contribution in [2.45, 2.75) is 117 Å². The fraction of sp³-hybridized carbons (Fsp3) is 0.966. The van der Waals surface area contributed by atoms with Gasteiger partial charge in [-0.15, -0.1) is 0 Å². The fourth-order valence-electron chi connectivity index (χ4n) is 3.96. The second-order valence-electron chi connectivity index (χ2n) is 9.72. The highest BCUT2D eigenvalue weighted by Gasteiger charge is 2.15. The number of hydrogen-bond donors (Lipinski definition) is 0. The van der Waals surface area contributed by atoms with E-state index in [9.17, 15) is 4.79 Å². The average molecular weight is 564 g/mol. The van der Waals surface area contributed by atoms with Crippen molar-refractivity contribution >= 4 is 26.2 Å². The van der Waals surface area contributed by atoms with E-state index in [1.165, 1.54) is 63.1 Å². The summed E-state index contributed by atoms with van der Waals surface area (Å²) in [5.74, 6) is 0.869. The third kappa shape index (κ3) is 27.4. The summed E-state index contributed by atoms with van der Waals surface area (Å²) in [4.78, 5) is 14.6. The van der Waals surface area contributed by atoms with Crippen LogP contribution in [0.4, 0.5) is 0 Å². The number of nitrogens with zero attached hydrogens (tertiary/aromatic N) is 1. The van der Waals surface area contributed by atoms with Crippen LogP contribution in [0.1, 0.15) is 111 Å². The van der Waals surface area contributed by atoms with Crippen LogP contribution in [0.3, 0.4) is 0 Å². The second-order valence-corrected chi connectivity index (χ2v) is 13.0. The van der Waals surface area contributed by atoms with Crippen LogP contribution in [-0.2, 0) is 23.1 Å². The summed E-state index contributed by atoms with van der Waals surface area (Å²) in [5, 5.41) is 0.346. The molecule has 0 aliphatic rings. The monoisotopic (exact) mass is 563 g/mol. The minimum atomic E-state index is -1.76. The number of likely N-dealkylation sites (N-methyl/N-ethyl adjacent to an activating group) is 1. The van der Waals surface area contributed by atoms with Crippen LogP contribution >= 0.6 is 11.8 Å². The highest BCUT2D eigenvalue weighted by atomic mass is 32.2. The first kappa shape index (κ1) is 37.0. The van der Waals surface area contributed by atoms with Crippen LogP contribution in [0.25, 0.3) is 0 Å². The van der Waals surface area contributed by atoms with Crippen molar-refractivity contribution in [3.63, 3.8) is 0 Å². The van der Waals surface area contributed by atoms with Crippen LogP contribution < -0.4 is 0 Å². The minimum Gasteiger partial charge on any atom is -0.395 e. The highest BCUT2D eigenvalue weighted by Crippen LogP contribution is 2.15. The van der Waals surface area contributed by atoms with Gasteiger partial charge in [0, 0.05) is 31.9 Å². The van der Waals surface area contributed by atoms with Gasteiger partial charge in [0.25, 0.3) is 0 Å². The Morgan fingerprint density at radius 3 is 1.86 bits per heavy atom. The number of rotatable bonds is 30. The Bertz CT molecular complexity index is 472. The van der Waals surface area contributed by atoms with Crippen molar-refractivity contribution in [2.75, 3.05) is 65.0 Å². The summed E-state index contributed by atoms with van der Waals surface area (Å²) in [7, 11) is -1.76. The van der Waals surface area contributed by atoms with Gasteiger partial charge in [0.15, 0.2) is 5.12 Å². The molecule has 37 heavy (non-hydrogen) atoms. The van der Waals surface area contributed by atoms with Gasteiger partial charge in [0.1, 0.15) is 0 Å². The molecule has 0 rings (SSSR count). The number of hydrogen-bond acceptors (Lipinski definition) is 7. The van der Waals surface area contributed by atoms with Crippen molar-refractivity contribution < 1.29 is 23.1 Å². The lowest BCUT2D eigenvalue weighted by atomic mass is 10.1. The van der Waals surface area contributed by atoms with E-state index >= 15 is 0 Å². The summed E-state index contributed by atoms with van der Waals surface area (Å²) >= 11 is 1.50. The average Bonchev–Trinajstić information content (AvgIpc) is 2.91. The quantitative estimate of drug-likeness (QED) is 0.0690. The molecule has 0 bridgehead atoms. The molecule has 6 nitrogen and oxygen atoms in total. The maximum absolute atomic E-state index is 12.2. The largest absolute Gasteiger partial charge is 0.395 e.